The average molecular weight is 385 g/mol. The maximum Gasteiger partial charge on any atom is 0.417 e. The van der Waals surface area contributed by atoms with Crippen molar-refractivity contribution in [2.24, 2.45) is 0 Å². The summed E-state index contributed by atoms with van der Waals surface area (Å²) in [5.41, 5.74) is -0.781. The lowest BCUT2D eigenvalue weighted by molar-refractivity contribution is -0.137. The van der Waals surface area contributed by atoms with E-state index in [1.807, 2.05) is 6.92 Å². The van der Waals surface area contributed by atoms with Crippen LogP contribution in [0.4, 0.5) is 13.2 Å². The first-order valence-corrected chi connectivity index (χ1v) is 7.15. The van der Waals surface area contributed by atoms with Crippen LogP contribution in [0.5, 0.6) is 0 Å². The summed E-state index contributed by atoms with van der Waals surface area (Å²) >= 11 is 8.98. The first-order chi connectivity index (χ1) is 9.75. The Morgan fingerprint density at radius 2 is 2.14 bits per heavy atom. The Labute approximate surface area is 131 Å². The highest BCUT2D eigenvalue weighted by molar-refractivity contribution is 9.10. The molecule has 0 aromatic carbocycles. The van der Waals surface area contributed by atoms with Crippen molar-refractivity contribution in [2.75, 3.05) is 0 Å². The Balaban J connectivity index is 2.53. The highest BCUT2D eigenvalue weighted by Gasteiger charge is 2.32. The molecule has 0 aliphatic carbocycles. The molecule has 4 nitrogen and oxygen atoms in total. The number of nitrogens with zero attached hydrogens (tertiary/aromatic N) is 2. The van der Waals surface area contributed by atoms with Gasteiger partial charge in [0.2, 0.25) is 0 Å². The SMILES string of the molecule is CCCc1[nH]n(-c2ncc(C(F)(F)F)cc2Cl)c(=O)c1Br. The molecular weight excluding hydrogens is 375 g/mol. The number of rotatable bonds is 3. The van der Waals surface area contributed by atoms with E-state index in [4.69, 9.17) is 11.6 Å². The van der Waals surface area contributed by atoms with Crippen LogP contribution in [-0.4, -0.2) is 14.8 Å². The van der Waals surface area contributed by atoms with E-state index in [2.05, 4.69) is 26.0 Å². The molecule has 0 bridgehead atoms. The van der Waals surface area contributed by atoms with Gasteiger partial charge in [0.05, 0.1) is 16.3 Å². The third-order valence-corrected chi connectivity index (χ3v) is 3.86. The number of pyridine rings is 1. The van der Waals surface area contributed by atoms with Crippen LogP contribution in [0.15, 0.2) is 21.5 Å². The number of alkyl halides is 3. The Morgan fingerprint density at radius 3 is 2.67 bits per heavy atom. The van der Waals surface area contributed by atoms with Crippen molar-refractivity contribution in [3.05, 3.63) is 43.4 Å². The van der Waals surface area contributed by atoms with E-state index in [1.54, 1.807) is 0 Å². The van der Waals surface area contributed by atoms with Gasteiger partial charge in [-0.05, 0) is 28.4 Å². The lowest BCUT2D eigenvalue weighted by Crippen LogP contribution is -2.17. The molecule has 0 radical (unpaired) electrons. The molecule has 2 rings (SSSR count). The first kappa shape index (κ1) is 16.1. The topological polar surface area (TPSA) is 50.7 Å². The van der Waals surface area contributed by atoms with Gasteiger partial charge in [0, 0.05) is 6.20 Å². The fraction of sp³-hybridized carbons (Fsp3) is 0.333. The van der Waals surface area contributed by atoms with Crippen LogP contribution < -0.4 is 5.56 Å². The van der Waals surface area contributed by atoms with Crippen LogP contribution in [0, 0.1) is 0 Å². The van der Waals surface area contributed by atoms with Crippen LogP contribution >= 0.6 is 27.5 Å². The molecule has 0 unspecified atom stereocenters. The van der Waals surface area contributed by atoms with Crippen molar-refractivity contribution in [1.29, 1.82) is 0 Å². The summed E-state index contributed by atoms with van der Waals surface area (Å²) in [5.74, 6) is -0.0716. The van der Waals surface area contributed by atoms with Crippen molar-refractivity contribution in [3.63, 3.8) is 0 Å². The summed E-state index contributed by atoms with van der Waals surface area (Å²) in [6.45, 7) is 1.94. The van der Waals surface area contributed by atoms with Crippen LogP contribution in [0.3, 0.4) is 0 Å². The first-order valence-electron chi connectivity index (χ1n) is 5.98. The van der Waals surface area contributed by atoms with E-state index in [0.29, 0.717) is 22.8 Å². The fourth-order valence-electron chi connectivity index (χ4n) is 1.78. The second-order valence-corrected chi connectivity index (χ2v) is 5.52. The lowest BCUT2D eigenvalue weighted by Gasteiger charge is -2.09. The zero-order chi connectivity index (χ0) is 15.8. The number of aromatic amines is 1. The molecule has 2 aromatic rings. The van der Waals surface area contributed by atoms with E-state index >= 15 is 0 Å². The van der Waals surface area contributed by atoms with Gasteiger partial charge >= 0.3 is 6.18 Å². The molecule has 21 heavy (non-hydrogen) atoms. The van der Waals surface area contributed by atoms with Crippen molar-refractivity contribution in [1.82, 2.24) is 14.8 Å². The molecule has 2 heterocycles. The Kier molecular flexibility index (Phi) is 4.48. The predicted molar refractivity (Wildman–Crippen MR) is 75.9 cm³/mol. The summed E-state index contributed by atoms with van der Waals surface area (Å²) < 4.78 is 39.0. The molecule has 0 saturated heterocycles. The highest BCUT2D eigenvalue weighted by Crippen LogP contribution is 2.31. The molecule has 0 amide bonds. The summed E-state index contributed by atoms with van der Waals surface area (Å²) in [7, 11) is 0. The van der Waals surface area contributed by atoms with Gasteiger partial charge in [0.15, 0.2) is 5.82 Å². The van der Waals surface area contributed by atoms with Crippen molar-refractivity contribution in [3.8, 4) is 5.82 Å². The summed E-state index contributed by atoms with van der Waals surface area (Å²) in [6, 6.07) is 0.741. The van der Waals surface area contributed by atoms with Crippen molar-refractivity contribution < 1.29 is 13.2 Å². The normalized spacial score (nSPS) is 11.9. The molecular formula is C12H10BrClF3N3O. The van der Waals surface area contributed by atoms with Crippen molar-refractivity contribution in [2.45, 2.75) is 25.9 Å². The van der Waals surface area contributed by atoms with Gasteiger partial charge in [-0.15, -0.1) is 0 Å². The van der Waals surface area contributed by atoms with Gasteiger partial charge in [-0.25, -0.2) is 4.98 Å². The Bertz CT molecular complexity index is 724. The largest absolute Gasteiger partial charge is 0.417 e. The minimum atomic E-state index is -4.54. The summed E-state index contributed by atoms with van der Waals surface area (Å²) in [5, 5.41) is 2.53. The predicted octanol–water partition coefficient (Wildman–Crippen LogP) is 3.95. The number of halogens is 5. The molecule has 114 valence electrons. The zero-order valence-corrected chi connectivity index (χ0v) is 13.1. The number of nitrogens with one attached hydrogen (secondary N) is 1. The summed E-state index contributed by atoms with van der Waals surface area (Å²) in [4.78, 5) is 15.7. The van der Waals surface area contributed by atoms with Crippen LogP contribution in [0.2, 0.25) is 5.02 Å². The number of H-pyrrole nitrogens is 1. The van der Waals surface area contributed by atoms with Crippen molar-refractivity contribution >= 4 is 27.5 Å². The monoisotopic (exact) mass is 383 g/mol. The third kappa shape index (κ3) is 3.16. The lowest BCUT2D eigenvalue weighted by atomic mass is 10.3. The van der Waals surface area contributed by atoms with Crippen LogP contribution in [-0.2, 0) is 12.6 Å². The fourth-order valence-corrected chi connectivity index (χ4v) is 2.49. The number of hydrogen-bond acceptors (Lipinski definition) is 2. The second-order valence-electron chi connectivity index (χ2n) is 4.32. The van der Waals surface area contributed by atoms with E-state index in [-0.39, 0.29) is 10.8 Å². The second kappa shape index (κ2) is 5.84. The van der Waals surface area contributed by atoms with E-state index in [9.17, 15) is 18.0 Å². The van der Waals surface area contributed by atoms with Gasteiger partial charge in [-0.2, -0.15) is 17.9 Å². The van der Waals surface area contributed by atoms with E-state index in [1.165, 1.54) is 0 Å². The Hall–Kier alpha value is -1.28. The molecule has 0 atom stereocenters. The molecule has 0 saturated carbocycles. The molecule has 0 fully saturated rings. The number of aromatic nitrogens is 3. The van der Waals surface area contributed by atoms with Gasteiger partial charge < -0.3 is 0 Å². The molecule has 2 aromatic heterocycles. The number of aryl methyl sites for hydroxylation is 1. The minimum Gasteiger partial charge on any atom is -0.292 e. The highest BCUT2D eigenvalue weighted by atomic mass is 79.9. The molecule has 0 spiro atoms. The minimum absolute atomic E-state index is 0.0716. The zero-order valence-electron chi connectivity index (χ0n) is 10.8. The molecule has 9 heteroatoms. The van der Waals surface area contributed by atoms with E-state index in [0.717, 1.165) is 17.2 Å². The van der Waals surface area contributed by atoms with Gasteiger partial charge in [0.25, 0.3) is 5.56 Å². The average Bonchev–Trinajstić information content (AvgIpc) is 2.66. The summed E-state index contributed by atoms with van der Waals surface area (Å²) in [6.07, 6.45) is -2.49. The molecule has 0 aliphatic heterocycles. The molecule has 1 N–H and O–H groups in total. The van der Waals surface area contributed by atoms with Gasteiger partial charge in [-0.1, -0.05) is 24.9 Å². The van der Waals surface area contributed by atoms with Crippen LogP contribution in [0.25, 0.3) is 5.82 Å². The van der Waals surface area contributed by atoms with Gasteiger partial charge in [-0.3, -0.25) is 9.89 Å². The quantitative estimate of drug-likeness (QED) is 0.871. The maximum atomic E-state index is 12.6. The maximum absolute atomic E-state index is 12.6. The Morgan fingerprint density at radius 1 is 1.48 bits per heavy atom. The number of hydrogen-bond donors (Lipinski definition) is 1. The van der Waals surface area contributed by atoms with Crippen LogP contribution in [0.1, 0.15) is 24.6 Å². The third-order valence-electron chi connectivity index (χ3n) is 2.76. The molecule has 0 aliphatic rings. The van der Waals surface area contributed by atoms with Gasteiger partial charge in [0.1, 0.15) is 4.47 Å². The smallest absolute Gasteiger partial charge is 0.292 e. The standard InChI is InChI=1S/C12H10BrClF3N3O/c1-2-3-8-9(13)11(21)20(19-8)10-7(14)4-6(5-18-10)12(15,16)17/h4-5,19H,2-3H2,1H3. The van der Waals surface area contributed by atoms with E-state index < -0.39 is 17.3 Å².